The summed E-state index contributed by atoms with van der Waals surface area (Å²) in [7, 11) is 0. The van der Waals surface area contributed by atoms with Gasteiger partial charge in [-0.05, 0) is 56.1 Å². The SMILES string of the molecule is Brc1ccc(-c2cc[c]nn2)cc1Br. The molecule has 0 saturated carbocycles. The predicted molar refractivity (Wildman–Crippen MR) is 61.7 cm³/mol. The summed E-state index contributed by atoms with van der Waals surface area (Å²) >= 11 is 6.85. The highest BCUT2D eigenvalue weighted by molar-refractivity contribution is 9.13. The lowest BCUT2D eigenvalue weighted by molar-refractivity contribution is 1.03. The first kappa shape index (κ1) is 9.80. The smallest absolute Gasteiger partial charge is 0.113 e. The quantitative estimate of drug-likeness (QED) is 0.806. The molecule has 0 aliphatic rings. The average Bonchev–Trinajstić information content (AvgIpc) is 2.23. The Morgan fingerprint density at radius 1 is 1.07 bits per heavy atom. The van der Waals surface area contributed by atoms with E-state index in [0.717, 1.165) is 20.2 Å². The van der Waals surface area contributed by atoms with Gasteiger partial charge in [-0.15, -0.1) is 10.2 Å². The number of nitrogens with zero attached hydrogens (tertiary/aromatic N) is 2. The second-order valence-electron chi connectivity index (χ2n) is 2.68. The molecular formula is C10H5Br2N2. The van der Waals surface area contributed by atoms with E-state index in [1.54, 1.807) is 6.07 Å². The van der Waals surface area contributed by atoms with E-state index in [1.807, 2.05) is 24.3 Å². The van der Waals surface area contributed by atoms with Crippen LogP contribution in [0.4, 0.5) is 0 Å². The van der Waals surface area contributed by atoms with Crippen LogP contribution in [0.15, 0.2) is 39.3 Å². The number of hydrogen-bond acceptors (Lipinski definition) is 2. The Morgan fingerprint density at radius 3 is 2.57 bits per heavy atom. The molecule has 0 amide bonds. The fourth-order valence-electron chi connectivity index (χ4n) is 1.08. The first-order chi connectivity index (χ1) is 6.77. The lowest BCUT2D eigenvalue weighted by Gasteiger charge is -2.01. The van der Waals surface area contributed by atoms with Gasteiger partial charge < -0.3 is 0 Å². The third-order valence-corrected chi connectivity index (χ3v) is 3.63. The summed E-state index contributed by atoms with van der Waals surface area (Å²) < 4.78 is 2.03. The van der Waals surface area contributed by atoms with Gasteiger partial charge in [0.25, 0.3) is 0 Å². The molecule has 1 heterocycles. The van der Waals surface area contributed by atoms with Crippen molar-refractivity contribution in [1.29, 1.82) is 0 Å². The van der Waals surface area contributed by atoms with Crippen molar-refractivity contribution in [3.05, 3.63) is 45.5 Å². The van der Waals surface area contributed by atoms with Gasteiger partial charge >= 0.3 is 0 Å². The zero-order valence-corrected chi connectivity index (χ0v) is 10.2. The Balaban J connectivity index is 2.48. The van der Waals surface area contributed by atoms with E-state index in [9.17, 15) is 0 Å². The second-order valence-corrected chi connectivity index (χ2v) is 4.39. The summed E-state index contributed by atoms with van der Waals surface area (Å²) in [6.45, 7) is 0. The summed E-state index contributed by atoms with van der Waals surface area (Å²) in [4.78, 5) is 0. The van der Waals surface area contributed by atoms with Crippen molar-refractivity contribution < 1.29 is 0 Å². The maximum atomic E-state index is 3.98. The van der Waals surface area contributed by atoms with Gasteiger partial charge in [-0.25, -0.2) is 0 Å². The normalized spacial score (nSPS) is 10.1. The molecule has 0 fully saturated rings. The highest BCUT2D eigenvalue weighted by Gasteiger charge is 2.01. The minimum absolute atomic E-state index is 0.844. The summed E-state index contributed by atoms with van der Waals surface area (Å²) in [5.41, 5.74) is 1.87. The molecule has 1 aromatic heterocycles. The Kier molecular flexibility index (Phi) is 2.93. The van der Waals surface area contributed by atoms with Crippen molar-refractivity contribution in [2.45, 2.75) is 0 Å². The average molecular weight is 313 g/mol. The van der Waals surface area contributed by atoms with E-state index < -0.39 is 0 Å². The number of rotatable bonds is 1. The van der Waals surface area contributed by atoms with Crippen LogP contribution in [-0.4, -0.2) is 10.2 Å². The second kappa shape index (κ2) is 4.19. The van der Waals surface area contributed by atoms with Gasteiger partial charge in [0.1, 0.15) is 6.20 Å². The molecular weight excluding hydrogens is 308 g/mol. The molecule has 1 aromatic carbocycles. The third-order valence-electron chi connectivity index (χ3n) is 1.75. The largest absolute Gasteiger partial charge is 0.150 e. The van der Waals surface area contributed by atoms with E-state index in [4.69, 9.17) is 0 Å². The molecule has 2 rings (SSSR count). The molecule has 1 radical (unpaired) electrons. The van der Waals surface area contributed by atoms with Crippen LogP contribution in [0.5, 0.6) is 0 Å². The van der Waals surface area contributed by atoms with Crippen LogP contribution in [0.25, 0.3) is 11.3 Å². The van der Waals surface area contributed by atoms with E-state index in [2.05, 4.69) is 48.3 Å². The zero-order valence-electron chi connectivity index (χ0n) is 7.04. The third kappa shape index (κ3) is 2.01. The molecule has 0 spiro atoms. The molecule has 0 atom stereocenters. The van der Waals surface area contributed by atoms with Gasteiger partial charge in [-0.2, -0.15) is 0 Å². The van der Waals surface area contributed by atoms with Gasteiger partial charge in [0.15, 0.2) is 0 Å². The Bertz CT molecular complexity index is 443. The standard InChI is InChI=1S/C10H5Br2N2/c11-8-4-3-7(6-9(8)12)10-2-1-5-13-14-10/h1-4,6H. The van der Waals surface area contributed by atoms with Crippen LogP contribution >= 0.6 is 31.9 Å². The highest BCUT2D eigenvalue weighted by Crippen LogP contribution is 2.27. The molecule has 69 valence electrons. The number of hydrogen-bond donors (Lipinski definition) is 0. The number of aromatic nitrogens is 2. The summed E-state index contributed by atoms with van der Waals surface area (Å²) in [5, 5.41) is 7.69. The Hall–Kier alpha value is -0.740. The van der Waals surface area contributed by atoms with Crippen LogP contribution in [-0.2, 0) is 0 Å². The minimum atomic E-state index is 0.844. The number of benzene rings is 1. The summed E-state index contributed by atoms with van der Waals surface area (Å²) in [6.07, 6.45) is 2.65. The van der Waals surface area contributed by atoms with E-state index in [-0.39, 0.29) is 0 Å². The van der Waals surface area contributed by atoms with E-state index in [1.165, 1.54) is 0 Å². The maximum Gasteiger partial charge on any atom is 0.113 e. The highest BCUT2D eigenvalue weighted by atomic mass is 79.9. The molecule has 14 heavy (non-hydrogen) atoms. The van der Waals surface area contributed by atoms with E-state index in [0.29, 0.717) is 0 Å². The molecule has 0 saturated heterocycles. The lowest BCUT2D eigenvalue weighted by Crippen LogP contribution is -1.85. The Morgan fingerprint density at radius 2 is 1.93 bits per heavy atom. The van der Waals surface area contributed by atoms with Crippen LogP contribution in [0.1, 0.15) is 0 Å². The molecule has 0 N–H and O–H groups in total. The van der Waals surface area contributed by atoms with E-state index >= 15 is 0 Å². The fraction of sp³-hybridized carbons (Fsp3) is 0. The van der Waals surface area contributed by atoms with Gasteiger partial charge in [0.2, 0.25) is 0 Å². The predicted octanol–water partition coefficient (Wildman–Crippen LogP) is 3.47. The molecule has 4 heteroatoms. The van der Waals surface area contributed by atoms with Crippen molar-refractivity contribution >= 4 is 31.9 Å². The van der Waals surface area contributed by atoms with Crippen molar-refractivity contribution in [2.24, 2.45) is 0 Å². The van der Waals surface area contributed by atoms with Crippen molar-refractivity contribution in [2.75, 3.05) is 0 Å². The van der Waals surface area contributed by atoms with Gasteiger partial charge in [0, 0.05) is 14.5 Å². The first-order valence-electron chi connectivity index (χ1n) is 3.92. The van der Waals surface area contributed by atoms with Crippen molar-refractivity contribution in [3.63, 3.8) is 0 Å². The summed E-state index contributed by atoms with van der Waals surface area (Å²) in [6, 6.07) is 9.58. The van der Waals surface area contributed by atoms with Crippen LogP contribution in [0.3, 0.4) is 0 Å². The summed E-state index contributed by atoms with van der Waals surface area (Å²) in [5.74, 6) is 0. The van der Waals surface area contributed by atoms with Gasteiger partial charge in [-0.1, -0.05) is 6.07 Å². The first-order valence-corrected chi connectivity index (χ1v) is 5.51. The van der Waals surface area contributed by atoms with Crippen LogP contribution in [0.2, 0.25) is 0 Å². The van der Waals surface area contributed by atoms with Crippen LogP contribution in [0, 0.1) is 6.20 Å². The topological polar surface area (TPSA) is 25.8 Å². The Labute approximate surface area is 98.6 Å². The minimum Gasteiger partial charge on any atom is -0.150 e. The molecule has 0 unspecified atom stereocenters. The number of halogens is 2. The molecule has 2 aromatic rings. The van der Waals surface area contributed by atoms with Crippen LogP contribution < -0.4 is 0 Å². The molecule has 0 aliphatic heterocycles. The van der Waals surface area contributed by atoms with Gasteiger partial charge in [-0.3, -0.25) is 0 Å². The van der Waals surface area contributed by atoms with Gasteiger partial charge in [0.05, 0.1) is 5.69 Å². The molecule has 2 nitrogen and oxygen atoms in total. The fourth-order valence-corrected chi connectivity index (χ4v) is 1.70. The zero-order chi connectivity index (χ0) is 9.97. The maximum absolute atomic E-state index is 3.98. The lowest BCUT2D eigenvalue weighted by atomic mass is 10.1. The van der Waals surface area contributed by atoms with Crippen molar-refractivity contribution in [3.8, 4) is 11.3 Å². The molecule has 0 bridgehead atoms. The monoisotopic (exact) mass is 311 g/mol. The molecule has 0 aliphatic carbocycles. The van der Waals surface area contributed by atoms with Crippen molar-refractivity contribution in [1.82, 2.24) is 10.2 Å².